The first-order chi connectivity index (χ1) is 9.99. The fourth-order valence-electron chi connectivity index (χ4n) is 2.71. The SMILES string of the molecule is Cc1ncoc1CNS(=O)(=O)c1c2c(nn1C)CCCC2. The Morgan fingerprint density at radius 1 is 1.38 bits per heavy atom. The van der Waals surface area contributed by atoms with E-state index in [9.17, 15) is 8.42 Å². The van der Waals surface area contributed by atoms with Crippen molar-refractivity contribution >= 4 is 10.0 Å². The number of nitrogens with one attached hydrogen (secondary N) is 1. The second kappa shape index (κ2) is 5.27. The highest BCUT2D eigenvalue weighted by Crippen LogP contribution is 2.26. The van der Waals surface area contributed by atoms with Crippen molar-refractivity contribution in [1.82, 2.24) is 19.5 Å². The van der Waals surface area contributed by atoms with Crippen molar-refractivity contribution in [2.45, 2.75) is 44.2 Å². The Bertz CT molecular complexity index is 760. The van der Waals surface area contributed by atoms with Gasteiger partial charge in [-0.2, -0.15) is 5.10 Å². The summed E-state index contributed by atoms with van der Waals surface area (Å²) >= 11 is 0. The number of fused-ring (bicyclic) bond motifs is 1. The lowest BCUT2D eigenvalue weighted by Crippen LogP contribution is -2.26. The van der Waals surface area contributed by atoms with Gasteiger partial charge in [0.05, 0.1) is 17.9 Å². The molecule has 1 aliphatic carbocycles. The highest BCUT2D eigenvalue weighted by molar-refractivity contribution is 7.89. The van der Waals surface area contributed by atoms with Gasteiger partial charge in [0.25, 0.3) is 10.0 Å². The summed E-state index contributed by atoms with van der Waals surface area (Å²) in [6, 6.07) is 0. The van der Waals surface area contributed by atoms with Crippen LogP contribution in [0.3, 0.4) is 0 Å². The summed E-state index contributed by atoms with van der Waals surface area (Å²) in [5.41, 5.74) is 2.44. The van der Waals surface area contributed by atoms with Crippen LogP contribution in [0.4, 0.5) is 0 Å². The molecule has 7 nitrogen and oxygen atoms in total. The maximum Gasteiger partial charge on any atom is 0.258 e. The van der Waals surface area contributed by atoms with E-state index in [-0.39, 0.29) is 11.6 Å². The Morgan fingerprint density at radius 2 is 2.14 bits per heavy atom. The van der Waals surface area contributed by atoms with Gasteiger partial charge in [-0.25, -0.2) is 18.1 Å². The summed E-state index contributed by atoms with van der Waals surface area (Å²) in [6.45, 7) is 1.87. The lowest BCUT2D eigenvalue weighted by atomic mass is 9.99. The van der Waals surface area contributed by atoms with Gasteiger partial charge in [-0.05, 0) is 32.6 Å². The number of nitrogens with zero attached hydrogens (tertiary/aromatic N) is 3. The Morgan fingerprint density at radius 3 is 2.86 bits per heavy atom. The molecule has 0 saturated heterocycles. The van der Waals surface area contributed by atoms with Crippen LogP contribution in [0.25, 0.3) is 0 Å². The molecule has 0 bridgehead atoms. The topological polar surface area (TPSA) is 90.0 Å². The number of hydrogen-bond acceptors (Lipinski definition) is 5. The van der Waals surface area contributed by atoms with E-state index in [0.717, 1.165) is 36.9 Å². The Balaban J connectivity index is 1.88. The molecule has 1 N–H and O–H groups in total. The molecule has 0 aliphatic heterocycles. The maximum absolute atomic E-state index is 12.6. The second-order valence-electron chi connectivity index (χ2n) is 5.25. The molecule has 8 heteroatoms. The van der Waals surface area contributed by atoms with Gasteiger partial charge in [-0.15, -0.1) is 0 Å². The van der Waals surface area contributed by atoms with Crippen LogP contribution >= 0.6 is 0 Å². The average molecular weight is 310 g/mol. The minimum absolute atomic E-state index is 0.0914. The third-order valence-electron chi connectivity index (χ3n) is 3.78. The molecular formula is C13H18N4O3S. The third kappa shape index (κ3) is 2.60. The largest absolute Gasteiger partial charge is 0.447 e. The van der Waals surface area contributed by atoms with Gasteiger partial charge >= 0.3 is 0 Å². The maximum atomic E-state index is 12.6. The second-order valence-corrected chi connectivity index (χ2v) is 6.93. The fourth-order valence-corrected chi connectivity index (χ4v) is 4.10. The molecule has 0 spiro atoms. The number of oxazole rings is 1. The Kier molecular flexibility index (Phi) is 3.58. The summed E-state index contributed by atoms with van der Waals surface area (Å²) < 4.78 is 34.3. The zero-order valence-corrected chi connectivity index (χ0v) is 12.9. The van der Waals surface area contributed by atoms with Gasteiger partial charge < -0.3 is 4.42 Å². The van der Waals surface area contributed by atoms with E-state index >= 15 is 0 Å². The molecule has 0 aromatic carbocycles. The predicted molar refractivity (Wildman–Crippen MR) is 75.1 cm³/mol. The fraction of sp³-hybridized carbons (Fsp3) is 0.538. The van der Waals surface area contributed by atoms with Gasteiger partial charge in [0, 0.05) is 12.6 Å². The van der Waals surface area contributed by atoms with Crippen molar-refractivity contribution in [2.75, 3.05) is 0 Å². The van der Waals surface area contributed by atoms with Gasteiger partial charge in [0.15, 0.2) is 11.4 Å². The first kappa shape index (κ1) is 14.3. The zero-order chi connectivity index (χ0) is 15.0. The number of sulfonamides is 1. The van der Waals surface area contributed by atoms with E-state index in [0.29, 0.717) is 11.5 Å². The van der Waals surface area contributed by atoms with E-state index in [2.05, 4.69) is 14.8 Å². The molecule has 2 heterocycles. The summed E-state index contributed by atoms with van der Waals surface area (Å²) in [5, 5.41) is 4.61. The lowest BCUT2D eigenvalue weighted by molar-refractivity contribution is 0.490. The summed E-state index contributed by atoms with van der Waals surface area (Å²) in [7, 11) is -1.95. The molecule has 0 fully saturated rings. The average Bonchev–Trinajstić information content (AvgIpc) is 2.99. The molecule has 21 heavy (non-hydrogen) atoms. The summed E-state index contributed by atoms with van der Waals surface area (Å²) in [5.74, 6) is 0.523. The van der Waals surface area contributed by atoms with Crippen LogP contribution in [0.2, 0.25) is 0 Å². The molecule has 0 unspecified atom stereocenters. The molecule has 2 aromatic rings. The van der Waals surface area contributed by atoms with Crippen LogP contribution < -0.4 is 4.72 Å². The Hall–Kier alpha value is -1.67. The first-order valence-corrected chi connectivity index (χ1v) is 8.41. The smallest absolute Gasteiger partial charge is 0.258 e. The molecular weight excluding hydrogens is 292 g/mol. The predicted octanol–water partition coefficient (Wildman–Crippen LogP) is 1.07. The van der Waals surface area contributed by atoms with Crippen molar-refractivity contribution in [3.05, 3.63) is 29.1 Å². The Labute approximate surface area is 123 Å². The van der Waals surface area contributed by atoms with Gasteiger partial charge in [0.2, 0.25) is 0 Å². The molecule has 0 saturated carbocycles. The highest BCUT2D eigenvalue weighted by atomic mass is 32.2. The monoisotopic (exact) mass is 310 g/mol. The molecule has 3 rings (SSSR count). The number of hydrogen-bond donors (Lipinski definition) is 1. The number of aromatic nitrogens is 3. The van der Waals surface area contributed by atoms with E-state index in [1.807, 2.05) is 0 Å². The van der Waals surface area contributed by atoms with Crippen LogP contribution in [-0.4, -0.2) is 23.2 Å². The summed E-state index contributed by atoms with van der Waals surface area (Å²) in [4.78, 5) is 3.95. The van der Waals surface area contributed by atoms with Crippen molar-refractivity contribution in [2.24, 2.45) is 7.05 Å². The van der Waals surface area contributed by atoms with Gasteiger partial charge in [-0.1, -0.05) is 0 Å². The van der Waals surface area contributed by atoms with E-state index in [4.69, 9.17) is 4.42 Å². The third-order valence-corrected chi connectivity index (χ3v) is 5.33. The summed E-state index contributed by atoms with van der Waals surface area (Å²) in [6.07, 6.45) is 4.99. The molecule has 1 aliphatic rings. The van der Waals surface area contributed by atoms with E-state index in [1.54, 1.807) is 14.0 Å². The van der Waals surface area contributed by atoms with Crippen molar-refractivity contribution in [3.8, 4) is 0 Å². The highest BCUT2D eigenvalue weighted by Gasteiger charge is 2.28. The standard InChI is InChI=1S/C13H18N4O3S/c1-9-12(20-8-14-9)7-15-21(18,19)13-10-5-3-4-6-11(10)16-17(13)2/h8,15H,3-7H2,1-2H3. The minimum atomic E-state index is -3.62. The molecule has 2 aromatic heterocycles. The molecule has 0 radical (unpaired) electrons. The van der Waals surface area contributed by atoms with Crippen molar-refractivity contribution in [3.63, 3.8) is 0 Å². The molecule has 0 atom stereocenters. The van der Waals surface area contributed by atoms with E-state index < -0.39 is 10.0 Å². The van der Waals surface area contributed by atoms with Crippen LogP contribution in [0, 0.1) is 6.92 Å². The van der Waals surface area contributed by atoms with Gasteiger partial charge in [-0.3, -0.25) is 4.68 Å². The number of rotatable bonds is 4. The van der Waals surface area contributed by atoms with Crippen LogP contribution in [-0.2, 0) is 36.5 Å². The number of aryl methyl sites for hydroxylation is 3. The normalized spacial score (nSPS) is 15.1. The molecule has 114 valence electrons. The lowest BCUT2D eigenvalue weighted by Gasteiger charge is -2.12. The van der Waals surface area contributed by atoms with Crippen LogP contribution in [0.1, 0.15) is 35.6 Å². The minimum Gasteiger partial charge on any atom is -0.447 e. The van der Waals surface area contributed by atoms with Crippen molar-refractivity contribution < 1.29 is 12.8 Å². The molecule has 0 amide bonds. The quantitative estimate of drug-likeness (QED) is 0.912. The van der Waals surface area contributed by atoms with Gasteiger partial charge in [0.1, 0.15) is 5.76 Å². The van der Waals surface area contributed by atoms with Crippen LogP contribution in [0.15, 0.2) is 15.8 Å². The van der Waals surface area contributed by atoms with Crippen LogP contribution in [0.5, 0.6) is 0 Å². The zero-order valence-electron chi connectivity index (χ0n) is 12.1. The van der Waals surface area contributed by atoms with Crippen molar-refractivity contribution in [1.29, 1.82) is 0 Å². The van der Waals surface area contributed by atoms with E-state index in [1.165, 1.54) is 11.1 Å². The first-order valence-electron chi connectivity index (χ1n) is 6.92.